The quantitative estimate of drug-likeness (QED) is 0.617. The van der Waals surface area contributed by atoms with Crippen molar-refractivity contribution in [3.05, 3.63) is 57.5 Å². The number of fused-ring (bicyclic) bond motifs is 1. The zero-order valence-electron chi connectivity index (χ0n) is 11.9. The van der Waals surface area contributed by atoms with Gasteiger partial charge in [-0.2, -0.15) is 0 Å². The summed E-state index contributed by atoms with van der Waals surface area (Å²) in [5.74, 6) is -2.41. The van der Waals surface area contributed by atoms with Gasteiger partial charge in [-0.15, -0.1) is 0 Å². The van der Waals surface area contributed by atoms with Gasteiger partial charge in [0.2, 0.25) is 0 Å². The number of aromatic amines is 1. The molecule has 3 rings (SSSR count). The van der Waals surface area contributed by atoms with Crippen molar-refractivity contribution >= 4 is 22.8 Å². The maximum Gasteiger partial charge on any atom is 0.355 e. The maximum atomic E-state index is 12.6. The summed E-state index contributed by atoms with van der Waals surface area (Å²) in [7, 11) is 1.45. The van der Waals surface area contributed by atoms with Gasteiger partial charge in [-0.05, 0) is 18.2 Å². The van der Waals surface area contributed by atoms with Crippen LogP contribution in [0.5, 0.6) is 5.75 Å². The number of benzene rings is 1. The molecule has 8 heteroatoms. The second-order valence-corrected chi connectivity index (χ2v) is 4.91. The standard InChI is InChI=1S/C15H11N3O5/c1-18-14(21)9-6-8(11(15(22)23)16-13(9)17-18)12(20)7-4-2-3-5-10(7)19/h2-6,19H,1H3,(H,16,17)(H,22,23). The fourth-order valence-electron chi connectivity index (χ4n) is 2.30. The number of para-hydroxylation sites is 1. The van der Waals surface area contributed by atoms with Crippen LogP contribution < -0.4 is 5.56 Å². The summed E-state index contributed by atoms with van der Waals surface area (Å²) in [6.45, 7) is 0. The number of aryl methyl sites for hydroxylation is 1. The molecule has 2 aromatic heterocycles. The Balaban J connectivity index is 2.31. The van der Waals surface area contributed by atoms with E-state index in [0.29, 0.717) is 0 Å². The molecule has 1 aromatic carbocycles. The molecule has 0 fully saturated rings. The van der Waals surface area contributed by atoms with Crippen molar-refractivity contribution in [2.75, 3.05) is 0 Å². The van der Waals surface area contributed by atoms with Gasteiger partial charge >= 0.3 is 5.97 Å². The minimum atomic E-state index is -1.41. The highest BCUT2D eigenvalue weighted by Crippen LogP contribution is 2.23. The molecule has 3 N–H and O–H groups in total. The third kappa shape index (κ3) is 2.26. The van der Waals surface area contributed by atoms with Crippen molar-refractivity contribution in [3.8, 4) is 5.75 Å². The summed E-state index contributed by atoms with van der Waals surface area (Å²) in [4.78, 5) is 39.8. The lowest BCUT2D eigenvalue weighted by molar-refractivity contribution is 0.0686. The highest BCUT2D eigenvalue weighted by molar-refractivity contribution is 6.16. The molecule has 0 saturated carbocycles. The molecule has 116 valence electrons. The number of nitrogens with zero attached hydrogens (tertiary/aromatic N) is 2. The van der Waals surface area contributed by atoms with E-state index in [1.165, 1.54) is 37.4 Å². The molecule has 0 amide bonds. The molecule has 0 aliphatic heterocycles. The first-order valence-corrected chi connectivity index (χ1v) is 6.56. The smallest absolute Gasteiger partial charge is 0.355 e. The van der Waals surface area contributed by atoms with Crippen LogP contribution in [0.1, 0.15) is 26.4 Å². The van der Waals surface area contributed by atoms with Gasteiger partial charge in [0.15, 0.2) is 17.1 Å². The van der Waals surface area contributed by atoms with E-state index in [1.807, 2.05) is 0 Å². The van der Waals surface area contributed by atoms with Gasteiger partial charge in [0, 0.05) is 7.05 Å². The summed E-state index contributed by atoms with van der Waals surface area (Å²) in [5, 5.41) is 21.8. The number of carboxylic acids is 1. The molecule has 23 heavy (non-hydrogen) atoms. The number of ketones is 1. The Kier molecular flexibility index (Phi) is 3.21. The number of hydrogen-bond donors (Lipinski definition) is 3. The second-order valence-electron chi connectivity index (χ2n) is 4.91. The summed E-state index contributed by atoms with van der Waals surface area (Å²) in [6.07, 6.45) is 0. The van der Waals surface area contributed by atoms with Crippen molar-refractivity contribution < 1.29 is 19.8 Å². The maximum absolute atomic E-state index is 12.6. The van der Waals surface area contributed by atoms with Crippen molar-refractivity contribution in [1.82, 2.24) is 14.8 Å². The van der Waals surface area contributed by atoms with Gasteiger partial charge in [0.05, 0.1) is 16.5 Å². The molecule has 0 saturated heterocycles. The van der Waals surface area contributed by atoms with Crippen LogP contribution in [0, 0.1) is 0 Å². The fourth-order valence-corrected chi connectivity index (χ4v) is 2.30. The summed E-state index contributed by atoms with van der Waals surface area (Å²) < 4.78 is 1.14. The number of H-pyrrole nitrogens is 1. The van der Waals surface area contributed by atoms with Crippen LogP contribution in [-0.4, -0.2) is 36.7 Å². The summed E-state index contributed by atoms with van der Waals surface area (Å²) in [5.41, 5.74) is -1.18. The summed E-state index contributed by atoms with van der Waals surface area (Å²) in [6, 6.07) is 6.93. The molecule has 0 atom stereocenters. The number of rotatable bonds is 3. The number of hydrogen-bond acceptors (Lipinski definition) is 5. The lowest BCUT2D eigenvalue weighted by atomic mass is 10.00. The van der Waals surface area contributed by atoms with Crippen LogP contribution in [0.25, 0.3) is 11.0 Å². The number of aromatic carboxylic acids is 1. The first-order chi connectivity index (χ1) is 10.9. The van der Waals surface area contributed by atoms with E-state index in [2.05, 4.69) is 10.1 Å². The van der Waals surface area contributed by atoms with Gasteiger partial charge in [-0.25, -0.2) is 9.78 Å². The zero-order chi connectivity index (χ0) is 16.7. The molecular formula is C15H11N3O5. The largest absolute Gasteiger partial charge is 0.507 e. The highest BCUT2D eigenvalue weighted by atomic mass is 16.4. The monoisotopic (exact) mass is 313 g/mol. The average molecular weight is 313 g/mol. The van der Waals surface area contributed by atoms with Gasteiger partial charge in [-0.1, -0.05) is 12.1 Å². The number of nitrogens with one attached hydrogen (secondary N) is 1. The Bertz CT molecular complexity index is 1020. The van der Waals surface area contributed by atoms with E-state index >= 15 is 0 Å². The average Bonchev–Trinajstić information content (AvgIpc) is 2.80. The minimum Gasteiger partial charge on any atom is -0.507 e. The van der Waals surface area contributed by atoms with Crippen LogP contribution in [0.15, 0.2) is 35.1 Å². The van der Waals surface area contributed by atoms with Gasteiger partial charge in [0.1, 0.15) is 5.75 Å². The number of phenols is 1. The lowest BCUT2D eigenvalue weighted by Crippen LogP contribution is -2.14. The van der Waals surface area contributed by atoms with Gasteiger partial charge in [-0.3, -0.25) is 19.4 Å². The zero-order valence-corrected chi connectivity index (χ0v) is 11.9. The van der Waals surface area contributed by atoms with Crippen LogP contribution >= 0.6 is 0 Å². The van der Waals surface area contributed by atoms with E-state index < -0.39 is 23.0 Å². The predicted molar refractivity (Wildman–Crippen MR) is 79.8 cm³/mol. The molecule has 0 spiro atoms. The number of carboxylic acid groups (broad SMARTS) is 1. The third-order valence-corrected chi connectivity index (χ3v) is 3.43. The number of aromatic hydroxyl groups is 1. The molecule has 3 aromatic rings. The first kappa shape index (κ1) is 14.5. The van der Waals surface area contributed by atoms with Crippen molar-refractivity contribution in [2.45, 2.75) is 0 Å². The third-order valence-electron chi connectivity index (χ3n) is 3.43. The molecule has 0 aliphatic carbocycles. The normalized spacial score (nSPS) is 10.8. The number of pyridine rings is 1. The van der Waals surface area contributed by atoms with Crippen molar-refractivity contribution in [2.24, 2.45) is 7.05 Å². The van der Waals surface area contributed by atoms with Crippen LogP contribution in [-0.2, 0) is 7.05 Å². The Hall–Kier alpha value is -3.42. The van der Waals surface area contributed by atoms with Crippen LogP contribution in [0.2, 0.25) is 0 Å². The van der Waals surface area contributed by atoms with Crippen LogP contribution in [0.3, 0.4) is 0 Å². The van der Waals surface area contributed by atoms with E-state index in [4.69, 9.17) is 0 Å². The Morgan fingerprint density at radius 2 is 1.91 bits per heavy atom. The topological polar surface area (TPSA) is 125 Å². The van der Waals surface area contributed by atoms with E-state index in [9.17, 15) is 24.6 Å². The van der Waals surface area contributed by atoms with E-state index in [-0.39, 0.29) is 27.9 Å². The number of carbonyl (C=O) groups is 2. The Morgan fingerprint density at radius 3 is 2.57 bits per heavy atom. The van der Waals surface area contributed by atoms with Crippen LogP contribution in [0.4, 0.5) is 0 Å². The second kappa shape index (κ2) is 5.09. The minimum absolute atomic E-state index is 0.0662. The highest BCUT2D eigenvalue weighted by Gasteiger charge is 2.24. The fraction of sp³-hybridized carbons (Fsp3) is 0.0667. The molecule has 0 unspecified atom stereocenters. The summed E-state index contributed by atoms with van der Waals surface area (Å²) >= 11 is 0. The number of carbonyl (C=O) groups excluding carboxylic acids is 1. The molecule has 0 aliphatic rings. The molecule has 2 heterocycles. The van der Waals surface area contributed by atoms with Crippen molar-refractivity contribution in [1.29, 1.82) is 0 Å². The number of aromatic nitrogens is 3. The SMILES string of the molecule is Cn1[nH]c2nc(C(=O)O)c(C(=O)c3ccccc3O)cc2c1=O. The van der Waals surface area contributed by atoms with Crippen molar-refractivity contribution in [3.63, 3.8) is 0 Å². The first-order valence-electron chi connectivity index (χ1n) is 6.56. The molecule has 0 bridgehead atoms. The molecule has 8 nitrogen and oxygen atoms in total. The van der Waals surface area contributed by atoms with E-state index in [1.54, 1.807) is 0 Å². The molecule has 0 radical (unpaired) electrons. The Morgan fingerprint density at radius 1 is 1.22 bits per heavy atom. The Labute approximate surface area is 128 Å². The van der Waals surface area contributed by atoms with Gasteiger partial charge in [0.25, 0.3) is 5.56 Å². The lowest BCUT2D eigenvalue weighted by Gasteiger charge is -2.06. The van der Waals surface area contributed by atoms with Gasteiger partial charge < -0.3 is 10.2 Å². The molecular weight excluding hydrogens is 302 g/mol. The van der Waals surface area contributed by atoms with E-state index in [0.717, 1.165) is 4.68 Å². The predicted octanol–water partition coefficient (Wildman–Crippen LogP) is 0.896. The number of phenolic OH excluding ortho intramolecular Hbond substituents is 1.